The van der Waals surface area contributed by atoms with Gasteiger partial charge in [0.05, 0.1) is 10.7 Å². The number of nitrogens with one attached hydrogen (secondary N) is 1. The molecule has 0 unspecified atom stereocenters. The number of hydrogen-bond acceptors (Lipinski definition) is 6. The van der Waals surface area contributed by atoms with E-state index in [4.69, 9.17) is 21.1 Å². The third-order valence-corrected chi connectivity index (χ3v) is 3.46. The zero-order chi connectivity index (χ0) is 15.0. The maximum absolute atomic E-state index is 9.75. The molecule has 0 aromatic heterocycles. The fourth-order valence-electron chi connectivity index (χ4n) is 2.00. The minimum Gasteiger partial charge on any atom is -0.504 e. The Labute approximate surface area is 125 Å². The fraction of sp³-hybridized carbons (Fsp3) is 0.143. The Morgan fingerprint density at radius 2 is 1.76 bits per heavy atom. The van der Waals surface area contributed by atoms with Crippen molar-refractivity contribution in [1.29, 1.82) is 0 Å². The van der Waals surface area contributed by atoms with Crippen molar-refractivity contribution in [3.63, 3.8) is 0 Å². The molecule has 7 heteroatoms. The highest BCUT2D eigenvalue weighted by molar-refractivity contribution is 6.33. The molecule has 0 amide bonds. The summed E-state index contributed by atoms with van der Waals surface area (Å²) in [7, 11) is 0. The number of benzene rings is 2. The summed E-state index contributed by atoms with van der Waals surface area (Å²) in [5.41, 5.74) is 1.02. The van der Waals surface area contributed by atoms with Gasteiger partial charge in [-0.05, 0) is 12.1 Å². The first-order chi connectivity index (χ1) is 10.1. The van der Waals surface area contributed by atoms with E-state index in [9.17, 15) is 15.3 Å². The largest absolute Gasteiger partial charge is 0.504 e. The Balaban J connectivity index is 1.81. The number of phenolic OH excluding ortho intramolecular Hbond substituents is 3. The standard InChI is InChI=1S/C14H12ClNO5/c15-8-3-11-12(21-6-20-11)4-9(8)16-5-7-1-2-10(17)14(19)13(7)18/h1-4,16-19H,5-6H2. The van der Waals surface area contributed by atoms with E-state index in [2.05, 4.69) is 5.32 Å². The first-order valence-corrected chi connectivity index (χ1v) is 6.50. The summed E-state index contributed by atoms with van der Waals surface area (Å²) >= 11 is 6.12. The highest BCUT2D eigenvalue weighted by Crippen LogP contribution is 2.40. The topological polar surface area (TPSA) is 91.2 Å². The van der Waals surface area contributed by atoms with E-state index in [0.717, 1.165) is 0 Å². The van der Waals surface area contributed by atoms with Crippen LogP contribution < -0.4 is 14.8 Å². The van der Waals surface area contributed by atoms with Gasteiger partial charge >= 0.3 is 0 Å². The molecule has 2 aromatic carbocycles. The SMILES string of the molecule is Oc1ccc(CNc2cc3c(cc2Cl)OCO3)c(O)c1O. The summed E-state index contributed by atoms with van der Waals surface area (Å²) in [4.78, 5) is 0. The van der Waals surface area contributed by atoms with E-state index >= 15 is 0 Å². The monoisotopic (exact) mass is 309 g/mol. The lowest BCUT2D eigenvalue weighted by atomic mass is 10.1. The highest BCUT2D eigenvalue weighted by atomic mass is 35.5. The average Bonchev–Trinajstić information content (AvgIpc) is 2.91. The van der Waals surface area contributed by atoms with Gasteiger partial charge in [-0.1, -0.05) is 11.6 Å². The van der Waals surface area contributed by atoms with Crippen LogP contribution in [-0.2, 0) is 6.54 Å². The smallest absolute Gasteiger partial charge is 0.231 e. The number of anilines is 1. The quantitative estimate of drug-likeness (QED) is 0.652. The molecular weight excluding hydrogens is 298 g/mol. The molecule has 0 bridgehead atoms. The predicted molar refractivity (Wildman–Crippen MR) is 76.3 cm³/mol. The van der Waals surface area contributed by atoms with Gasteiger partial charge in [-0.15, -0.1) is 0 Å². The highest BCUT2D eigenvalue weighted by Gasteiger charge is 2.17. The molecule has 0 spiro atoms. The van der Waals surface area contributed by atoms with Gasteiger partial charge in [0, 0.05) is 24.2 Å². The van der Waals surface area contributed by atoms with Crippen LogP contribution in [0.1, 0.15) is 5.56 Å². The van der Waals surface area contributed by atoms with Crippen molar-refractivity contribution in [1.82, 2.24) is 0 Å². The van der Waals surface area contributed by atoms with Crippen LogP contribution in [0.25, 0.3) is 0 Å². The molecule has 6 nitrogen and oxygen atoms in total. The summed E-state index contributed by atoms with van der Waals surface area (Å²) < 4.78 is 10.5. The van der Waals surface area contributed by atoms with Crippen LogP contribution in [0.5, 0.6) is 28.7 Å². The Kier molecular flexibility index (Phi) is 3.31. The fourth-order valence-corrected chi connectivity index (χ4v) is 2.22. The van der Waals surface area contributed by atoms with Gasteiger partial charge in [0.15, 0.2) is 23.0 Å². The minimum absolute atomic E-state index is 0.155. The molecule has 3 rings (SSSR count). The van der Waals surface area contributed by atoms with E-state index in [1.807, 2.05) is 0 Å². The number of rotatable bonds is 3. The molecular formula is C14H12ClNO5. The van der Waals surface area contributed by atoms with Crippen LogP contribution in [0.2, 0.25) is 5.02 Å². The van der Waals surface area contributed by atoms with Crippen LogP contribution in [0.4, 0.5) is 5.69 Å². The Morgan fingerprint density at radius 3 is 2.52 bits per heavy atom. The summed E-state index contributed by atoms with van der Waals surface area (Å²) in [6.45, 7) is 0.362. The molecule has 0 fully saturated rings. The van der Waals surface area contributed by atoms with Gasteiger partial charge in [0.25, 0.3) is 0 Å². The Hall–Kier alpha value is -2.47. The molecule has 1 aliphatic heterocycles. The van der Waals surface area contributed by atoms with Crippen LogP contribution >= 0.6 is 11.6 Å². The van der Waals surface area contributed by atoms with E-state index in [1.54, 1.807) is 12.1 Å². The van der Waals surface area contributed by atoms with Crippen LogP contribution in [0.3, 0.4) is 0 Å². The zero-order valence-electron chi connectivity index (χ0n) is 10.8. The summed E-state index contributed by atoms with van der Waals surface area (Å²) in [5, 5.41) is 32.0. The normalized spacial score (nSPS) is 12.4. The van der Waals surface area contributed by atoms with Crippen molar-refractivity contribution in [2.24, 2.45) is 0 Å². The summed E-state index contributed by atoms with van der Waals surface area (Å²) in [5.74, 6) is -0.141. The predicted octanol–water partition coefficient (Wildman–Crippen LogP) is 2.80. The Morgan fingerprint density at radius 1 is 1.05 bits per heavy atom. The lowest BCUT2D eigenvalue weighted by molar-refractivity contribution is 0.174. The molecule has 1 heterocycles. The van der Waals surface area contributed by atoms with E-state index < -0.39 is 5.75 Å². The number of hydrogen-bond donors (Lipinski definition) is 4. The van der Waals surface area contributed by atoms with Gasteiger partial charge in [-0.25, -0.2) is 0 Å². The van der Waals surface area contributed by atoms with E-state index in [0.29, 0.717) is 27.8 Å². The second kappa shape index (κ2) is 5.14. The van der Waals surface area contributed by atoms with Gasteiger partial charge in [-0.3, -0.25) is 0 Å². The lowest BCUT2D eigenvalue weighted by Crippen LogP contribution is -2.00. The third kappa shape index (κ3) is 2.45. The molecule has 0 radical (unpaired) electrons. The van der Waals surface area contributed by atoms with Crippen LogP contribution in [-0.4, -0.2) is 22.1 Å². The van der Waals surface area contributed by atoms with Crippen molar-refractivity contribution >= 4 is 17.3 Å². The molecule has 0 atom stereocenters. The van der Waals surface area contributed by atoms with Crippen LogP contribution in [0.15, 0.2) is 24.3 Å². The number of halogens is 1. The van der Waals surface area contributed by atoms with Crippen molar-refractivity contribution in [3.05, 3.63) is 34.9 Å². The first kappa shape index (κ1) is 13.5. The Bertz CT molecular complexity index is 704. The van der Waals surface area contributed by atoms with Crippen molar-refractivity contribution in [3.8, 4) is 28.7 Å². The van der Waals surface area contributed by atoms with Crippen molar-refractivity contribution in [2.45, 2.75) is 6.54 Å². The molecule has 0 saturated heterocycles. The van der Waals surface area contributed by atoms with E-state index in [1.165, 1.54) is 12.1 Å². The molecule has 4 N–H and O–H groups in total. The third-order valence-electron chi connectivity index (χ3n) is 3.15. The average molecular weight is 310 g/mol. The maximum Gasteiger partial charge on any atom is 0.231 e. The molecule has 0 aliphatic carbocycles. The van der Waals surface area contributed by atoms with Gasteiger partial charge in [0.1, 0.15) is 0 Å². The van der Waals surface area contributed by atoms with E-state index in [-0.39, 0.29) is 24.8 Å². The van der Waals surface area contributed by atoms with Gasteiger partial charge in [-0.2, -0.15) is 0 Å². The van der Waals surface area contributed by atoms with Gasteiger partial charge < -0.3 is 30.1 Å². The molecule has 1 aliphatic rings. The van der Waals surface area contributed by atoms with Gasteiger partial charge in [0.2, 0.25) is 12.5 Å². The first-order valence-electron chi connectivity index (χ1n) is 6.12. The van der Waals surface area contributed by atoms with Crippen molar-refractivity contribution < 1.29 is 24.8 Å². The number of aromatic hydroxyl groups is 3. The maximum atomic E-state index is 9.75. The number of ether oxygens (including phenoxy) is 2. The summed E-state index contributed by atoms with van der Waals surface area (Å²) in [6, 6.07) is 6.13. The van der Waals surface area contributed by atoms with Crippen molar-refractivity contribution in [2.75, 3.05) is 12.1 Å². The summed E-state index contributed by atoms with van der Waals surface area (Å²) in [6.07, 6.45) is 0. The molecule has 21 heavy (non-hydrogen) atoms. The second-order valence-electron chi connectivity index (χ2n) is 4.48. The number of phenols is 3. The zero-order valence-corrected chi connectivity index (χ0v) is 11.5. The number of fused-ring (bicyclic) bond motifs is 1. The lowest BCUT2D eigenvalue weighted by Gasteiger charge is -2.11. The minimum atomic E-state index is -0.550. The molecule has 0 saturated carbocycles. The van der Waals surface area contributed by atoms with Crippen LogP contribution in [0, 0.1) is 0 Å². The molecule has 2 aromatic rings. The second-order valence-corrected chi connectivity index (χ2v) is 4.89. The molecule has 110 valence electrons.